The van der Waals surface area contributed by atoms with E-state index in [1.54, 1.807) is 5.38 Å². The van der Waals surface area contributed by atoms with Crippen molar-refractivity contribution in [3.05, 3.63) is 56.3 Å². The molecule has 0 aliphatic heterocycles. The van der Waals surface area contributed by atoms with E-state index in [1.165, 1.54) is 11.3 Å². The largest absolute Gasteiger partial charge is 0.416 e. The average Bonchev–Trinajstić information content (AvgIpc) is 2.82. The molecule has 0 saturated heterocycles. The van der Waals surface area contributed by atoms with Gasteiger partial charge in [-0.3, -0.25) is 4.79 Å². The van der Waals surface area contributed by atoms with E-state index in [0.717, 1.165) is 16.0 Å². The van der Waals surface area contributed by atoms with Gasteiger partial charge in [-0.2, -0.15) is 26.3 Å². The van der Waals surface area contributed by atoms with Crippen molar-refractivity contribution in [1.82, 2.24) is 5.32 Å². The Kier molecular flexibility index (Phi) is 5.17. The second-order valence-corrected chi connectivity index (χ2v) is 6.50. The molecule has 9 heteroatoms. The summed E-state index contributed by atoms with van der Waals surface area (Å²) >= 11 is 1.44. The van der Waals surface area contributed by atoms with Gasteiger partial charge in [0.2, 0.25) is 0 Å². The van der Waals surface area contributed by atoms with Gasteiger partial charge in [-0.05, 0) is 48.6 Å². The highest BCUT2D eigenvalue weighted by atomic mass is 32.1. The number of nitrogens with one attached hydrogen (secondary N) is 1. The van der Waals surface area contributed by atoms with Gasteiger partial charge in [-0.1, -0.05) is 0 Å². The summed E-state index contributed by atoms with van der Waals surface area (Å²) in [5.41, 5.74) is -2.04. The zero-order valence-electron chi connectivity index (χ0n) is 13.1. The summed E-state index contributed by atoms with van der Waals surface area (Å²) in [5.74, 6) is -1.00. The predicted octanol–water partition coefficient (Wildman–Crippen LogP) is 5.33. The molecule has 1 amide bonds. The number of amides is 1. The molecule has 0 aliphatic carbocycles. The Morgan fingerprint density at radius 1 is 1.00 bits per heavy atom. The summed E-state index contributed by atoms with van der Waals surface area (Å²) in [6.07, 6.45) is -9.98. The lowest BCUT2D eigenvalue weighted by Gasteiger charge is -2.14. The first-order valence-electron chi connectivity index (χ1n) is 7.01. The van der Waals surface area contributed by atoms with Crippen molar-refractivity contribution >= 4 is 17.2 Å². The van der Waals surface area contributed by atoms with Crippen LogP contribution in [0.3, 0.4) is 0 Å². The Balaban J connectivity index is 2.30. The molecule has 0 fully saturated rings. The number of thiophene rings is 1. The minimum Gasteiger partial charge on any atom is -0.348 e. The second-order valence-electron chi connectivity index (χ2n) is 5.42. The summed E-state index contributed by atoms with van der Waals surface area (Å²) in [5, 5.41) is 4.14. The van der Waals surface area contributed by atoms with Crippen molar-refractivity contribution in [3.63, 3.8) is 0 Å². The van der Waals surface area contributed by atoms with Crippen molar-refractivity contribution in [1.29, 1.82) is 0 Å². The molecule has 136 valence electrons. The molecular formula is C16H13F6NOS. The van der Waals surface area contributed by atoms with Gasteiger partial charge < -0.3 is 5.32 Å². The topological polar surface area (TPSA) is 29.1 Å². The van der Waals surface area contributed by atoms with Crippen molar-refractivity contribution < 1.29 is 31.1 Å². The predicted molar refractivity (Wildman–Crippen MR) is 81.4 cm³/mol. The molecule has 0 radical (unpaired) electrons. The number of hydrogen-bond acceptors (Lipinski definition) is 2. The molecule has 1 N–H and O–H groups in total. The fourth-order valence-corrected chi connectivity index (χ4v) is 2.99. The Labute approximate surface area is 143 Å². The van der Waals surface area contributed by atoms with Crippen LogP contribution in [0.25, 0.3) is 0 Å². The van der Waals surface area contributed by atoms with Crippen molar-refractivity contribution in [2.45, 2.75) is 32.7 Å². The number of halogens is 6. The maximum absolute atomic E-state index is 12.8. The zero-order valence-corrected chi connectivity index (χ0v) is 13.9. The quantitative estimate of drug-likeness (QED) is 0.715. The minimum absolute atomic E-state index is 0.0108. The molecule has 1 aromatic carbocycles. The average molecular weight is 381 g/mol. The van der Waals surface area contributed by atoms with E-state index >= 15 is 0 Å². The summed E-state index contributed by atoms with van der Waals surface area (Å²) in [6.45, 7) is 3.71. The van der Waals surface area contributed by atoms with Crippen LogP contribution < -0.4 is 5.32 Å². The Morgan fingerprint density at radius 2 is 1.52 bits per heavy atom. The van der Waals surface area contributed by atoms with Crippen molar-refractivity contribution in [3.8, 4) is 0 Å². The van der Waals surface area contributed by atoms with E-state index in [0.29, 0.717) is 12.1 Å². The van der Waals surface area contributed by atoms with Crippen LogP contribution in [0.5, 0.6) is 0 Å². The Morgan fingerprint density at radius 3 is 1.92 bits per heavy atom. The molecule has 1 aromatic heterocycles. The van der Waals surface area contributed by atoms with Gasteiger partial charge in [0.1, 0.15) is 0 Å². The smallest absolute Gasteiger partial charge is 0.348 e. The van der Waals surface area contributed by atoms with Crippen LogP contribution in [0, 0.1) is 13.8 Å². The van der Waals surface area contributed by atoms with Crippen LogP contribution >= 0.6 is 11.3 Å². The molecule has 2 aromatic rings. The van der Waals surface area contributed by atoms with Gasteiger partial charge in [0.25, 0.3) is 5.91 Å². The maximum Gasteiger partial charge on any atom is 0.416 e. The molecule has 2 rings (SSSR count). The van der Waals surface area contributed by atoms with Crippen LogP contribution in [0.15, 0.2) is 23.6 Å². The second kappa shape index (κ2) is 6.70. The maximum atomic E-state index is 12.8. The highest BCUT2D eigenvalue weighted by molar-refractivity contribution is 7.10. The molecule has 0 aliphatic rings. The van der Waals surface area contributed by atoms with E-state index in [4.69, 9.17) is 0 Å². The molecule has 25 heavy (non-hydrogen) atoms. The van der Waals surface area contributed by atoms with E-state index in [2.05, 4.69) is 5.32 Å². The molecule has 0 atom stereocenters. The first-order valence-corrected chi connectivity index (χ1v) is 7.89. The summed E-state index contributed by atoms with van der Waals surface area (Å²) < 4.78 is 76.8. The molecule has 0 bridgehead atoms. The number of rotatable bonds is 3. The highest BCUT2D eigenvalue weighted by Crippen LogP contribution is 2.36. The minimum atomic E-state index is -4.99. The van der Waals surface area contributed by atoms with Crippen LogP contribution in [0.1, 0.15) is 37.5 Å². The summed E-state index contributed by atoms with van der Waals surface area (Å²) in [6, 6.07) is 0.815. The fourth-order valence-electron chi connectivity index (χ4n) is 2.10. The molecule has 0 spiro atoms. The van der Waals surface area contributed by atoms with Gasteiger partial charge in [0.05, 0.1) is 11.1 Å². The third-order valence-corrected chi connectivity index (χ3v) is 4.74. The third kappa shape index (κ3) is 4.53. The van der Waals surface area contributed by atoms with Crippen LogP contribution in [-0.4, -0.2) is 5.91 Å². The van der Waals surface area contributed by atoms with Crippen LogP contribution in [0.4, 0.5) is 26.3 Å². The van der Waals surface area contributed by atoms with Gasteiger partial charge in [0.15, 0.2) is 0 Å². The number of carbonyl (C=O) groups excluding carboxylic acids is 1. The Hall–Kier alpha value is -2.03. The highest BCUT2D eigenvalue weighted by Gasteiger charge is 2.37. The first kappa shape index (κ1) is 19.3. The van der Waals surface area contributed by atoms with Gasteiger partial charge in [-0.15, -0.1) is 11.3 Å². The molecule has 0 unspecified atom stereocenters. The molecule has 1 heterocycles. The SMILES string of the molecule is Cc1scc(CNC(=O)c2cc(C(F)(F)F)cc(C(F)(F)F)c2)c1C. The number of carbonyl (C=O) groups is 1. The molecule has 2 nitrogen and oxygen atoms in total. The van der Waals surface area contributed by atoms with E-state index in [1.807, 2.05) is 13.8 Å². The number of hydrogen-bond donors (Lipinski definition) is 1. The van der Waals surface area contributed by atoms with Gasteiger partial charge in [0, 0.05) is 17.0 Å². The van der Waals surface area contributed by atoms with Crippen LogP contribution in [0.2, 0.25) is 0 Å². The monoisotopic (exact) mass is 381 g/mol. The van der Waals surface area contributed by atoms with Crippen molar-refractivity contribution in [2.24, 2.45) is 0 Å². The van der Waals surface area contributed by atoms with Crippen molar-refractivity contribution in [2.75, 3.05) is 0 Å². The fraction of sp³-hybridized carbons (Fsp3) is 0.312. The lowest BCUT2D eigenvalue weighted by atomic mass is 10.0. The van der Waals surface area contributed by atoms with Crippen LogP contribution in [-0.2, 0) is 18.9 Å². The lowest BCUT2D eigenvalue weighted by molar-refractivity contribution is -0.143. The van der Waals surface area contributed by atoms with E-state index in [-0.39, 0.29) is 12.6 Å². The number of alkyl halides is 6. The molecule has 0 saturated carbocycles. The van der Waals surface area contributed by atoms with Gasteiger partial charge >= 0.3 is 12.4 Å². The van der Waals surface area contributed by atoms with E-state index < -0.39 is 35.0 Å². The van der Waals surface area contributed by atoms with E-state index in [9.17, 15) is 31.1 Å². The standard InChI is InChI=1S/C16H13F6NOS/c1-8-9(2)25-7-11(8)6-23-14(24)10-3-12(15(17,18)19)5-13(4-10)16(20,21)22/h3-5,7H,6H2,1-2H3,(H,23,24). The summed E-state index contributed by atoms with van der Waals surface area (Å²) in [7, 11) is 0. The summed E-state index contributed by atoms with van der Waals surface area (Å²) in [4.78, 5) is 13.1. The van der Waals surface area contributed by atoms with Gasteiger partial charge in [-0.25, -0.2) is 0 Å². The normalized spacial score (nSPS) is 12.3. The Bertz CT molecular complexity index is 759. The first-order chi connectivity index (χ1) is 11.4. The number of aryl methyl sites for hydroxylation is 1. The lowest BCUT2D eigenvalue weighted by Crippen LogP contribution is -2.24. The molecular weight excluding hydrogens is 368 g/mol. The number of benzene rings is 1. The third-order valence-electron chi connectivity index (χ3n) is 3.68. The zero-order chi connectivity index (χ0) is 19.0.